The van der Waals surface area contributed by atoms with E-state index in [1.807, 2.05) is 0 Å². The van der Waals surface area contributed by atoms with Crippen molar-refractivity contribution >= 4 is 23.3 Å². The molecule has 17 heavy (non-hydrogen) atoms. The molecule has 2 rings (SSSR count). The molecule has 1 aromatic heterocycles. The topological polar surface area (TPSA) is 101 Å². The highest BCUT2D eigenvalue weighted by Crippen LogP contribution is 2.33. The monoisotopic (exact) mass is 257 g/mol. The number of rotatable bonds is 4. The van der Waals surface area contributed by atoms with Gasteiger partial charge in [0, 0.05) is 0 Å². The molecule has 1 aliphatic rings. The van der Waals surface area contributed by atoms with E-state index in [4.69, 9.17) is 27.0 Å². The number of carbonyl (C=O) groups excluding carboxylic acids is 1. The summed E-state index contributed by atoms with van der Waals surface area (Å²) >= 11 is 5.69. The molecule has 4 N–H and O–H groups in total. The van der Waals surface area contributed by atoms with Crippen molar-refractivity contribution < 1.29 is 14.4 Å². The van der Waals surface area contributed by atoms with Crippen molar-refractivity contribution in [1.82, 2.24) is 5.32 Å². The van der Waals surface area contributed by atoms with Gasteiger partial charge in [0.1, 0.15) is 0 Å². The predicted octanol–water partition coefficient (Wildman–Crippen LogP) is 1.19. The summed E-state index contributed by atoms with van der Waals surface area (Å²) in [5.74, 6) is -0.173. The fraction of sp³-hybridized carbons (Fsp3) is 0.400. The van der Waals surface area contributed by atoms with Crippen LogP contribution in [0.5, 0.6) is 0 Å². The van der Waals surface area contributed by atoms with E-state index in [1.54, 1.807) is 0 Å². The van der Waals surface area contributed by atoms with Crippen LogP contribution in [0.2, 0.25) is 5.22 Å². The maximum absolute atomic E-state index is 11.8. The molecule has 1 heterocycles. The summed E-state index contributed by atoms with van der Waals surface area (Å²) in [5.41, 5.74) is 5.77. The Morgan fingerprint density at radius 1 is 1.71 bits per heavy atom. The predicted molar refractivity (Wildman–Crippen MR) is 61.1 cm³/mol. The molecule has 0 aromatic carbocycles. The molecule has 0 radical (unpaired) electrons. The Bertz CT molecular complexity index is 453. The van der Waals surface area contributed by atoms with Crippen LogP contribution in [0.25, 0.3) is 0 Å². The van der Waals surface area contributed by atoms with Crippen LogP contribution in [0, 0.1) is 5.92 Å². The zero-order valence-corrected chi connectivity index (χ0v) is 9.65. The van der Waals surface area contributed by atoms with Crippen LogP contribution in [-0.4, -0.2) is 23.0 Å². The van der Waals surface area contributed by atoms with E-state index in [-0.39, 0.29) is 22.5 Å². The van der Waals surface area contributed by atoms with Crippen LogP contribution >= 0.6 is 11.6 Å². The van der Waals surface area contributed by atoms with Gasteiger partial charge in [-0.2, -0.15) is 0 Å². The Morgan fingerprint density at radius 2 is 2.41 bits per heavy atom. The maximum Gasteiger partial charge on any atom is 0.256 e. The van der Waals surface area contributed by atoms with Crippen molar-refractivity contribution in [3.63, 3.8) is 0 Å². The smallest absolute Gasteiger partial charge is 0.256 e. The van der Waals surface area contributed by atoms with Gasteiger partial charge in [0.05, 0.1) is 17.9 Å². The lowest BCUT2D eigenvalue weighted by Crippen LogP contribution is -2.46. The molecule has 92 valence electrons. The number of amides is 1. The third kappa shape index (κ3) is 2.52. The van der Waals surface area contributed by atoms with Gasteiger partial charge in [0.2, 0.25) is 5.22 Å². The summed E-state index contributed by atoms with van der Waals surface area (Å²) in [6.07, 6.45) is 3.22. The van der Waals surface area contributed by atoms with E-state index in [2.05, 4.69) is 10.5 Å². The zero-order chi connectivity index (χ0) is 12.4. The van der Waals surface area contributed by atoms with Gasteiger partial charge in [-0.3, -0.25) is 4.79 Å². The van der Waals surface area contributed by atoms with Crippen molar-refractivity contribution in [3.8, 4) is 0 Å². The van der Waals surface area contributed by atoms with Gasteiger partial charge in [0.25, 0.3) is 5.91 Å². The summed E-state index contributed by atoms with van der Waals surface area (Å²) in [4.78, 5) is 11.8. The summed E-state index contributed by atoms with van der Waals surface area (Å²) in [6, 6.07) is 1.01. The minimum atomic E-state index is -0.460. The number of nitrogens with two attached hydrogens (primary N) is 1. The molecular weight excluding hydrogens is 246 g/mol. The Balaban J connectivity index is 2.08. The van der Waals surface area contributed by atoms with Gasteiger partial charge < -0.3 is 20.7 Å². The van der Waals surface area contributed by atoms with E-state index < -0.39 is 11.9 Å². The molecule has 1 aliphatic carbocycles. The Morgan fingerprint density at radius 3 is 2.88 bits per heavy atom. The van der Waals surface area contributed by atoms with Gasteiger partial charge in [0.15, 0.2) is 5.84 Å². The molecule has 1 unspecified atom stereocenters. The van der Waals surface area contributed by atoms with Gasteiger partial charge >= 0.3 is 0 Å². The standard InChI is InChI=1S/C10H12ClN3O3/c11-8-6(3-4-17-8)10(15)13-7(5-1-2-5)9(12)14-16/h3-5,7,16H,1-2H2,(H2,12,14)(H,13,15). The zero-order valence-electron chi connectivity index (χ0n) is 8.89. The number of hydrogen-bond donors (Lipinski definition) is 3. The first kappa shape index (κ1) is 11.8. The molecule has 1 aromatic rings. The molecule has 1 fully saturated rings. The van der Waals surface area contributed by atoms with Gasteiger partial charge in [-0.15, -0.1) is 0 Å². The number of carbonyl (C=O) groups is 1. The molecule has 6 nitrogen and oxygen atoms in total. The van der Waals surface area contributed by atoms with Crippen LogP contribution in [0.4, 0.5) is 0 Å². The molecule has 1 atom stereocenters. The minimum Gasteiger partial charge on any atom is -0.452 e. The maximum atomic E-state index is 11.8. The Labute approximate surface area is 102 Å². The highest BCUT2D eigenvalue weighted by molar-refractivity contribution is 6.32. The van der Waals surface area contributed by atoms with E-state index in [0.29, 0.717) is 0 Å². The van der Waals surface area contributed by atoms with Gasteiger partial charge in [-0.25, -0.2) is 0 Å². The second kappa shape index (κ2) is 4.67. The van der Waals surface area contributed by atoms with E-state index in [9.17, 15) is 4.79 Å². The van der Waals surface area contributed by atoms with Crippen LogP contribution in [0.1, 0.15) is 23.2 Å². The number of furan rings is 1. The van der Waals surface area contributed by atoms with E-state index in [0.717, 1.165) is 12.8 Å². The normalized spacial score (nSPS) is 17.8. The van der Waals surface area contributed by atoms with E-state index in [1.165, 1.54) is 12.3 Å². The molecule has 0 saturated heterocycles. The average molecular weight is 258 g/mol. The molecule has 0 spiro atoms. The fourth-order valence-corrected chi connectivity index (χ4v) is 1.80. The van der Waals surface area contributed by atoms with Crippen LogP contribution in [0.15, 0.2) is 21.9 Å². The molecule has 0 bridgehead atoms. The lowest BCUT2D eigenvalue weighted by atomic mass is 10.1. The molecule has 1 amide bonds. The molecular formula is C10H12ClN3O3. The molecule has 7 heteroatoms. The summed E-state index contributed by atoms with van der Waals surface area (Å²) in [5, 5.41) is 14.3. The second-order valence-corrected chi connectivity index (χ2v) is 4.26. The number of nitrogens with zero attached hydrogens (tertiary/aromatic N) is 1. The summed E-state index contributed by atoms with van der Waals surface area (Å²) in [7, 11) is 0. The number of amidine groups is 1. The third-order valence-corrected chi connectivity index (χ3v) is 2.97. The Hall–Kier alpha value is -1.69. The fourth-order valence-electron chi connectivity index (χ4n) is 1.60. The number of halogens is 1. The lowest BCUT2D eigenvalue weighted by Gasteiger charge is -2.15. The second-order valence-electron chi connectivity index (χ2n) is 3.92. The average Bonchev–Trinajstić information content (AvgIpc) is 3.07. The largest absolute Gasteiger partial charge is 0.452 e. The first-order valence-electron chi connectivity index (χ1n) is 5.14. The van der Waals surface area contributed by atoms with Crippen LogP contribution in [-0.2, 0) is 0 Å². The number of nitrogens with one attached hydrogen (secondary N) is 1. The Kier molecular flexibility index (Phi) is 3.23. The highest BCUT2D eigenvalue weighted by atomic mass is 35.5. The summed E-state index contributed by atoms with van der Waals surface area (Å²) < 4.78 is 4.82. The third-order valence-electron chi connectivity index (χ3n) is 2.68. The quantitative estimate of drug-likeness (QED) is 0.326. The minimum absolute atomic E-state index is 0.000433. The van der Waals surface area contributed by atoms with E-state index >= 15 is 0 Å². The van der Waals surface area contributed by atoms with Crippen LogP contribution in [0.3, 0.4) is 0 Å². The lowest BCUT2D eigenvalue weighted by molar-refractivity contribution is 0.0942. The van der Waals surface area contributed by atoms with Crippen molar-refractivity contribution in [2.24, 2.45) is 16.8 Å². The SMILES string of the molecule is N/C(=N/O)C(NC(=O)c1ccoc1Cl)C1CC1. The first-order chi connectivity index (χ1) is 8.13. The van der Waals surface area contributed by atoms with Gasteiger partial charge in [-0.1, -0.05) is 5.16 Å². The van der Waals surface area contributed by atoms with Crippen LogP contribution < -0.4 is 11.1 Å². The summed E-state index contributed by atoms with van der Waals surface area (Å²) in [6.45, 7) is 0. The van der Waals surface area contributed by atoms with Gasteiger partial charge in [-0.05, 0) is 36.4 Å². The number of hydrogen-bond acceptors (Lipinski definition) is 4. The number of oxime groups is 1. The highest BCUT2D eigenvalue weighted by Gasteiger charge is 2.35. The van der Waals surface area contributed by atoms with Crippen molar-refractivity contribution in [2.45, 2.75) is 18.9 Å². The first-order valence-corrected chi connectivity index (χ1v) is 5.52. The molecule has 1 saturated carbocycles. The van der Waals surface area contributed by atoms with Crippen molar-refractivity contribution in [1.29, 1.82) is 0 Å². The van der Waals surface area contributed by atoms with Crippen molar-refractivity contribution in [3.05, 3.63) is 23.1 Å². The van der Waals surface area contributed by atoms with Crippen molar-refractivity contribution in [2.75, 3.05) is 0 Å². The molecule has 0 aliphatic heterocycles.